The SMILES string of the molecule is Cc1cc2c(NC(=O)NCCN3CCOc4cc(F)ccc43)cccc2nn1. The highest BCUT2D eigenvalue weighted by Crippen LogP contribution is 2.31. The Morgan fingerprint density at radius 1 is 1.25 bits per heavy atom. The van der Waals surface area contributed by atoms with E-state index < -0.39 is 0 Å². The van der Waals surface area contributed by atoms with Crippen molar-refractivity contribution in [3.05, 3.63) is 54.0 Å². The minimum Gasteiger partial charge on any atom is -0.489 e. The fourth-order valence-corrected chi connectivity index (χ4v) is 3.23. The van der Waals surface area contributed by atoms with Crippen molar-refractivity contribution in [3.8, 4) is 5.75 Å². The maximum absolute atomic E-state index is 13.4. The number of benzene rings is 2. The van der Waals surface area contributed by atoms with Gasteiger partial charge in [0.25, 0.3) is 0 Å². The van der Waals surface area contributed by atoms with Crippen molar-refractivity contribution in [2.75, 3.05) is 36.5 Å². The third-order valence-corrected chi connectivity index (χ3v) is 4.55. The minimum absolute atomic E-state index is 0.297. The Morgan fingerprint density at radius 3 is 3.04 bits per heavy atom. The zero-order valence-electron chi connectivity index (χ0n) is 15.4. The first-order valence-corrected chi connectivity index (χ1v) is 9.05. The van der Waals surface area contributed by atoms with Crippen LogP contribution in [0.4, 0.5) is 20.6 Å². The fourth-order valence-electron chi connectivity index (χ4n) is 3.23. The lowest BCUT2D eigenvalue weighted by molar-refractivity contribution is 0.252. The molecule has 144 valence electrons. The summed E-state index contributed by atoms with van der Waals surface area (Å²) < 4.78 is 18.8. The van der Waals surface area contributed by atoms with Crippen LogP contribution in [0.5, 0.6) is 5.75 Å². The lowest BCUT2D eigenvalue weighted by atomic mass is 10.2. The van der Waals surface area contributed by atoms with Gasteiger partial charge in [-0.25, -0.2) is 9.18 Å². The standard InChI is InChI=1S/C20H20FN5O2/c1-13-11-15-16(3-2-4-17(15)25-24-13)23-20(27)22-7-8-26-9-10-28-19-12-14(21)5-6-18(19)26/h2-6,11-12H,7-10H2,1H3,(H2,22,23,27). The first-order chi connectivity index (χ1) is 13.6. The number of ether oxygens (including phenoxy) is 1. The molecule has 1 aliphatic rings. The Bertz CT molecular complexity index is 1030. The Morgan fingerprint density at radius 2 is 2.14 bits per heavy atom. The average molecular weight is 381 g/mol. The fraction of sp³-hybridized carbons (Fsp3) is 0.250. The highest BCUT2D eigenvalue weighted by Gasteiger charge is 2.18. The molecule has 2 heterocycles. The number of nitrogens with one attached hydrogen (secondary N) is 2. The number of hydrogen-bond donors (Lipinski definition) is 2. The molecule has 3 aromatic rings. The van der Waals surface area contributed by atoms with Crippen molar-refractivity contribution >= 4 is 28.3 Å². The molecule has 1 aliphatic heterocycles. The molecule has 2 N–H and O–H groups in total. The highest BCUT2D eigenvalue weighted by molar-refractivity contribution is 6.00. The topological polar surface area (TPSA) is 79.4 Å². The molecule has 0 atom stereocenters. The number of aromatic nitrogens is 2. The van der Waals surface area contributed by atoms with Crippen LogP contribution in [0.2, 0.25) is 0 Å². The molecule has 2 aromatic carbocycles. The zero-order valence-corrected chi connectivity index (χ0v) is 15.4. The van der Waals surface area contributed by atoms with Crippen LogP contribution in [-0.4, -0.2) is 42.5 Å². The van der Waals surface area contributed by atoms with E-state index in [1.54, 1.807) is 6.07 Å². The summed E-state index contributed by atoms with van der Waals surface area (Å²) in [6.07, 6.45) is 0. The van der Waals surface area contributed by atoms with Crippen molar-refractivity contribution in [2.24, 2.45) is 0 Å². The smallest absolute Gasteiger partial charge is 0.319 e. The molecule has 28 heavy (non-hydrogen) atoms. The van der Waals surface area contributed by atoms with Crippen LogP contribution in [-0.2, 0) is 0 Å². The number of aryl methyl sites for hydroxylation is 1. The molecule has 8 heteroatoms. The summed E-state index contributed by atoms with van der Waals surface area (Å²) in [5.41, 5.74) is 3.02. The van der Waals surface area contributed by atoms with Gasteiger partial charge in [0.15, 0.2) is 0 Å². The highest BCUT2D eigenvalue weighted by atomic mass is 19.1. The van der Waals surface area contributed by atoms with Crippen LogP contribution in [0.1, 0.15) is 5.69 Å². The first-order valence-electron chi connectivity index (χ1n) is 9.05. The summed E-state index contributed by atoms with van der Waals surface area (Å²) in [5, 5.41) is 14.7. The van der Waals surface area contributed by atoms with Crippen LogP contribution in [0.15, 0.2) is 42.5 Å². The summed E-state index contributed by atoms with van der Waals surface area (Å²) in [7, 11) is 0. The molecule has 0 aliphatic carbocycles. The van der Waals surface area contributed by atoms with E-state index in [9.17, 15) is 9.18 Å². The maximum atomic E-state index is 13.4. The second-order valence-corrected chi connectivity index (χ2v) is 6.55. The van der Waals surface area contributed by atoms with E-state index in [1.165, 1.54) is 12.1 Å². The number of fused-ring (bicyclic) bond motifs is 2. The molecule has 0 spiro atoms. The van der Waals surface area contributed by atoms with Crippen LogP contribution < -0.4 is 20.3 Å². The van der Waals surface area contributed by atoms with Crippen LogP contribution in [0, 0.1) is 12.7 Å². The predicted molar refractivity (Wildman–Crippen MR) is 105 cm³/mol. The largest absolute Gasteiger partial charge is 0.489 e. The molecule has 4 rings (SSSR count). The molecule has 0 radical (unpaired) electrons. The van der Waals surface area contributed by atoms with Crippen LogP contribution >= 0.6 is 0 Å². The Kier molecular flexibility index (Phi) is 4.92. The van der Waals surface area contributed by atoms with Crippen molar-refractivity contribution in [2.45, 2.75) is 6.92 Å². The summed E-state index contributed by atoms with van der Waals surface area (Å²) in [6, 6.07) is 11.6. The van der Waals surface area contributed by atoms with Gasteiger partial charge in [-0.1, -0.05) is 6.07 Å². The van der Waals surface area contributed by atoms with Gasteiger partial charge in [-0.3, -0.25) is 0 Å². The summed E-state index contributed by atoms with van der Waals surface area (Å²) in [6.45, 7) is 4.05. The molecule has 1 aromatic heterocycles. The number of carbonyl (C=O) groups excluding carboxylic acids is 1. The molecule has 0 saturated carbocycles. The Balaban J connectivity index is 1.37. The molecular formula is C20H20FN5O2. The number of anilines is 2. The van der Waals surface area contributed by atoms with E-state index >= 15 is 0 Å². The minimum atomic E-state index is -0.326. The lowest BCUT2D eigenvalue weighted by Crippen LogP contribution is -2.40. The van der Waals surface area contributed by atoms with Crippen molar-refractivity contribution in [3.63, 3.8) is 0 Å². The maximum Gasteiger partial charge on any atom is 0.319 e. The van der Waals surface area contributed by atoms with Gasteiger partial charge in [-0.15, -0.1) is 0 Å². The van der Waals surface area contributed by atoms with Gasteiger partial charge in [0.2, 0.25) is 0 Å². The molecule has 0 fully saturated rings. The number of carbonyl (C=O) groups is 1. The number of nitrogens with zero attached hydrogens (tertiary/aromatic N) is 3. The van der Waals surface area contributed by atoms with Crippen molar-refractivity contribution in [1.29, 1.82) is 0 Å². The summed E-state index contributed by atoms with van der Waals surface area (Å²) >= 11 is 0. The van der Waals surface area contributed by atoms with Gasteiger partial charge < -0.3 is 20.3 Å². The summed E-state index contributed by atoms with van der Waals surface area (Å²) in [4.78, 5) is 14.4. The van der Waals surface area contributed by atoms with Gasteiger partial charge in [-0.05, 0) is 37.3 Å². The average Bonchev–Trinajstić information content (AvgIpc) is 2.68. The normalized spacial score (nSPS) is 13.0. The van der Waals surface area contributed by atoms with E-state index in [0.29, 0.717) is 37.7 Å². The molecule has 2 amide bonds. The van der Waals surface area contributed by atoms with Crippen molar-refractivity contribution in [1.82, 2.24) is 15.5 Å². The van der Waals surface area contributed by atoms with E-state index in [0.717, 1.165) is 22.3 Å². The predicted octanol–water partition coefficient (Wildman–Crippen LogP) is 3.10. The van der Waals surface area contributed by atoms with Gasteiger partial charge in [0, 0.05) is 24.5 Å². The molecule has 0 bridgehead atoms. The second kappa shape index (κ2) is 7.67. The third-order valence-electron chi connectivity index (χ3n) is 4.55. The molecule has 0 unspecified atom stereocenters. The number of amides is 2. The number of rotatable bonds is 4. The summed E-state index contributed by atoms with van der Waals surface area (Å²) in [5.74, 6) is 0.205. The number of halogens is 1. The van der Waals surface area contributed by atoms with E-state index in [1.807, 2.05) is 31.2 Å². The monoisotopic (exact) mass is 381 g/mol. The third kappa shape index (κ3) is 3.80. The quantitative estimate of drug-likeness (QED) is 0.726. The van der Waals surface area contributed by atoms with Gasteiger partial charge in [-0.2, -0.15) is 10.2 Å². The van der Waals surface area contributed by atoms with E-state index in [-0.39, 0.29) is 11.8 Å². The molecule has 7 nitrogen and oxygen atoms in total. The Hall–Kier alpha value is -3.42. The first kappa shape index (κ1) is 18.0. The lowest BCUT2D eigenvalue weighted by Gasteiger charge is -2.31. The van der Waals surface area contributed by atoms with Gasteiger partial charge in [0.05, 0.1) is 29.1 Å². The number of hydrogen-bond acceptors (Lipinski definition) is 5. The van der Waals surface area contributed by atoms with E-state index in [2.05, 4.69) is 25.7 Å². The van der Waals surface area contributed by atoms with Gasteiger partial charge in [0.1, 0.15) is 18.2 Å². The Labute approximate surface area is 161 Å². The van der Waals surface area contributed by atoms with Crippen LogP contribution in [0.25, 0.3) is 10.9 Å². The van der Waals surface area contributed by atoms with Gasteiger partial charge >= 0.3 is 6.03 Å². The van der Waals surface area contributed by atoms with Crippen LogP contribution in [0.3, 0.4) is 0 Å². The number of urea groups is 1. The molecule has 0 saturated heterocycles. The molecular weight excluding hydrogens is 361 g/mol. The second-order valence-electron chi connectivity index (χ2n) is 6.55. The zero-order chi connectivity index (χ0) is 19.5. The van der Waals surface area contributed by atoms with Crippen molar-refractivity contribution < 1.29 is 13.9 Å². The van der Waals surface area contributed by atoms with E-state index in [4.69, 9.17) is 4.74 Å².